The van der Waals surface area contributed by atoms with Gasteiger partial charge in [-0.05, 0) is 55.9 Å². The number of rotatable bonds is 6. The number of alkyl halides is 3. The number of anilines is 2. The summed E-state index contributed by atoms with van der Waals surface area (Å²) in [6.07, 6.45) is 0.0984. The van der Waals surface area contributed by atoms with Crippen LogP contribution in [-0.2, 0) is 17.4 Å². The Morgan fingerprint density at radius 2 is 1.79 bits per heavy atom. The summed E-state index contributed by atoms with van der Waals surface area (Å²) in [6.45, 7) is 3.32. The number of hydrogen-bond donors (Lipinski definition) is 0. The van der Waals surface area contributed by atoms with Crippen molar-refractivity contribution in [2.75, 3.05) is 36.5 Å². The lowest BCUT2D eigenvalue weighted by Gasteiger charge is -2.36. The van der Waals surface area contributed by atoms with Crippen molar-refractivity contribution in [1.29, 1.82) is 0 Å². The van der Waals surface area contributed by atoms with Crippen molar-refractivity contribution in [1.82, 2.24) is 9.97 Å². The normalized spacial score (nSPS) is 19.7. The number of nitrogens with zero attached hydrogens (tertiary/aromatic N) is 4. The molecule has 9 heteroatoms. The number of benzene rings is 1. The zero-order chi connectivity index (χ0) is 22.2. The van der Waals surface area contributed by atoms with Crippen molar-refractivity contribution in [3.63, 3.8) is 0 Å². The van der Waals surface area contributed by atoms with E-state index in [0.717, 1.165) is 48.7 Å². The number of carbonyl (C=O) groups is 1. The second-order valence-corrected chi connectivity index (χ2v) is 8.23. The molecule has 2 aromatic rings. The van der Waals surface area contributed by atoms with Crippen LogP contribution in [0, 0.1) is 11.8 Å². The molecule has 1 saturated carbocycles. The van der Waals surface area contributed by atoms with Crippen molar-refractivity contribution in [3.05, 3.63) is 41.9 Å². The Bertz CT molecular complexity index is 944. The zero-order valence-electron chi connectivity index (χ0n) is 17.5. The van der Waals surface area contributed by atoms with Crippen molar-refractivity contribution < 1.29 is 22.7 Å². The van der Waals surface area contributed by atoms with E-state index in [9.17, 15) is 18.0 Å². The van der Waals surface area contributed by atoms with Gasteiger partial charge < -0.3 is 14.5 Å². The van der Waals surface area contributed by atoms with Gasteiger partial charge in [-0.25, -0.2) is 9.97 Å². The van der Waals surface area contributed by atoms with Gasteiger partial charge in [-0.3, -0.25) is 4.79 Å². The number of halogens is 3. The van der Waals surface area contributed by atoms with E-state index in [4.69, 9.17) is 9.72 Å². The molecule has 1 aromatic heterocycles. The molecule has 33 heavy (non-hydrogen) atoms. The van der Waals surface area contributed by atoms with Crippen LogP contribution in [0.25, 0.3) is 0 Å². The molecule has 1 aliphatic heterocycles. The first-order chi connectivity index (χ1) is 14.7. The third kappa shape index (κ3) is 5.75. The molecule has 4 rings (SSSR count). The molecular weight excluding hydrogens is 433 g/mol. The van der Waals surface area contributed by atoms with Crippen molar-refractivity contribution in [2.45, 2.75) is 47.2 Å². The maximum absolute atomic E-state index is 12.6. The molecule has 2 aliphatic rings. The Balaban J connectivity index is 0.00000193. The van der Waals surface area contributed by atoms with Crippen LogP contribution < -0.4 is 14.5 Å². The minimum absolute atomic E-state index is 0. The molecule has 182 valence electrons. The van der Waals surface area contributed by atoms with Gasteiger partial charge in [0.15, 0.2) is 5.82 Å². The van der Waals surface area contributed by atoms with Crippen LogP contribution in [-0.4, -0.2) is 42.6 Å². The predicted molar refractivity (Wildman–Crippen MR) is 124 cm³/mol. The number of likely N-dealkylation sites (N-methyl/N-ethyl adjacent to an activating group) is 2. The molecule has 0 radical (unpaired) electrons. The molecule has 0 unspecified atom stereocenters. The molecule has 6 nitrogen and oxygen atoms in total. The highest BCUT2D eigenvalue weighted by Crippen LogP contribution is 2.37. The molecule has 1 aromatic carbocycles. The van der Waals surface area contributed by atoms with Crippen molar-refractivity contribution in [2.24, 2.45) is 11.8 Å². The van der Waals surface area contributed by atoms with Crippen LogP contribution in [0.2, 0.25) is 0 Å². The lowest BCUT2D eigenvalue weighted by atomic mass is 9.73. The van der Waals surface area contributed by atoms with Gasteiger partial charge in [0.25, 0.3) is 0 Å². The van der Waals surface area contributed by atoms with Gasteiger partial charge in [0.2, 0.25) is 5.91 Å². The SMILES string of the molecule is C.C.CCN1C(=O)CN(C)c2nc(CC3CC(COc4ccc(C(F)(F)F)cc4)C3)ncc21. The summed E-state index contributed by atoms with van der Waals surface area (Å²) in [4.78, 5) is 24.9. The maximum atomic E-state index is 12.6. The first-order valence-electron chi connectivity index (χ1n) is 10.4. The van der Waals surface area contributed by atoms with Gasteiger partial charge in [-0.2, -0.15) is 13.2 Å². The minimum atomic E-state index is -4.34. The number of aromatic nitrogens is 2. The molecular formula is C24H33F3N4O2. The fourth-order valence-corrected chi connectivity index (χ4v) is 4.20. The Hall–Kier alpha value is -2.84. The second-order valence-electron chi connectivity index (χ2n) is 8.23. The highest BCUT2D eigenvalue weighted by Gasteiger charge is 2.33. The van der Waals surface area contributed by atoms with Crippen LogP contribution in [0.5, 0.6) is 5.75 Å². The summed E-state index contributed by atoms with van der Waals surface area (Å²) in [6, 6.07) is 4.80. The zero-order valence-corrected chi connectivity index (χ0v) is 17.5. The lowest BCUT2D eigenvalue weighted by Crippen LogP contribution is -2.45. The van der Waals surface area contributed by atoms with E-state index in [2.05, 4.69) is 4.98 Å². The highest BCUT2D eigenvalue weighted by atomic mass is 19.4. The number of hydrogen-bond acceptors (Lipinski definition) is 5. The molecule has 0 saturated heterocycles. The van der Waals surface area contributed by atoms with E-state index in [1.165, 1.54) is 12.1 Å². The van der Waals surface area contributed by atoms with Gasteiger partial charge in [0, 0.05) is 20.0 Å². The van der Waals surface area contributed by atoms with E-state index in [1.807, 2.05) is 18.9 Å². The average molecular weight is 467 g/mol. The predicted octanol–water partition coefficient (Wildman–Crippen LogP) is 5.22. The van der Waals surface area contributed by atoms with Crippen LogP contribution in [0.3, 0.4) is 0 Å². The number of amides is 1. The summed E-state index contributed by atoms with van der Waals surface area (Å²) in [5.74, 6) is 2.88. The Labute approximate surface area is 193 Å². The Morgan fingerprint density at radius 1 is 1.12 bits per heavy atom. The third-order valence-electron chi connectivity index (χ3n) is 5.91. The third-order valence-corrected chi connectivity index (χ3v) is 5.91. The largest absolute Gasteiger partial charge is 0.493 e. The van der Waals surface area contributed by atoms with Crippen LogP contribution in [0.15, 0.2) is 30.5 Å². The standard InChI is InChI=1S/C22H25F3N4O2.2CH4/c1-3-29-18-11-26-19(27-21(18)28(2)12-20(29)30)10-14-8-15(9-14)13-31-17-6-4-16(5-7-17)22(23,24)25;;/h4-7,11,14-15H,3,8-10,12-13H2,1-2H3;2*1H4. The second kappa shape index (κ2) is 10.4. The number of ether oxygens (including phenoxy) is 1. The van der Waals surface area contributed by atoms with Gasteiger partial charge >= 0.3 is 6.18 Å². The van der Waals surface area contributed by atoms with Crippen molar-refractivity contribution >= 4 is 17.4 Å². The first kappa shape index (κ1) is 26.4. The summed E-state index contributed by atoms with van der Waals surface area (Å²) >= 11 is 0. The topological polar surface area (TPSA) is 58.6 Å². The first-order valence-corrected chi connectivity index (χ1v) is 10.4. The van der Waals surface area contributed by atoms with Crippen molar-refractivity contribution in [3.8, 4) is 5.75 Å². The summed E-state index contributed by atoms with van der Waals surface area (Å²) in [5.41, 5.74) is 0.0760. The smallest absolute Gasteiger partial charge is 0.416 e. The quantitative estimate of drug-likeness (QED) is 0.584. The fourth-order valence-electron chi connectivity index (χ4n) is 4.20. The van der Waals surface area contributed by atoms with Gasteiger partial charge in [-0.1, -0.05) is 14.9 Å². The van der Waals surface area contributed by atoms with Crippen LogP contribution >= 0.6 is 0 Å². The number of carbonyl (C=O) groups excluding carboxylic acids is 1. The van der Waals surface area contributed by atoms with Crippen LogP contribution in [0.4, 0.5) is 24.7 Å². The molecule has 1 fully saturated rings. The van der Waals surface area contributed by atoms with Gasteiger partial charge in [0.05, 0.1) is 24.9 Å². The molecule has 2 heterocycles. The van der Waals surface area contributed by atoms with E-state index in [-0.39, 0.29) is 20.8 Å². The minimum Gasteiger partial charge on any atom is -0.493 e. The molecule has 0 atom stereocenters. The van der Waals surface area contributed by atoms with E-state index >= 15 is 0 Å². The average Bonchev–Trinajstić information content (AvgIpc) is 2.70. The van der Waals surface area contributed by atoms with E-state index in [1.54, 1.807) is 11.1 Å². The maximum Gasteiger partial charge on any atom is 0.416 e. The van der Waals surface area contributed by atoms with Gasteiger partial charge in [-0.15, -0.1) is 0 Å². The fraction of sp³-hybridized carbons (Fsp3) is 0.542. The molecule has 0 bridgehead atoms. The summed E-state index contributed by atoms with van der Waals surface area (Å²) < 4.78 is 43.5. The van der Waals surface area contributed by atoms with Gasteiger partial charge in [0.1, 0.15) is 17.3 Å². The summed E-state index contributed by atoms with van der Waals surface area (Å²) in [5, 5.41) is 0. The Kier molecular flexibility index (Phi) is 8.32. The Morgan fingerprint density at radius 3 is 2.39 bits per heavy atom. The van der Waals surface area contributed by atoms with E-state index < -0.39 is 11.7 Å². The molecule has 1 aliphatic carbocycles. The monoisotopic (exact) mass is 466 g/mol. The molecule has 0 N–H and O–H groups in total. The van der Waals surface area contributed by atoms with Crippen LogP contribution in [0.1, 0.15) is 46.0 Å². The highest BCUT2D eigenvalue weighted by molar-refractivity contribution is 6.01. The van der Waals surface area contributed by atoms with E-state index in [0.29, 0.717) is 37.3 Å². The molecule has 0 spiro atoms. The lowest BCUT2D eigenvalue weighted by molar-refractivity contribution is -0.137. The molecule has 1 amide bonds. The summed E-state index contributed by atoms with van der Waals surface area (Å²) in [7, 11) is 1.86. The number of fused-ring (bicyclic) bond motifs is 1.